The zero-order valence-corrected chi connectivity index (χ0v) is 17.9. The van der Waals surface area contributed by atoms with E-state index in [1.165, 1.54) is 17.7 Å². The summed E-state index contributed by atoms with van der Waals surface area (Å²) in [5.41, 5.74) is 4.51. The number of hydrogen-bond acceptors (Lipinski definition) is 3. The predicted molar refractivity (Wildman–Crippen MR) is 122 cm³/mol. The highest BCUT2D eigenvalue weighted by Crippen LogP contribution is 2.26. The number of hydrogen-bond donors (Lipinski definition) is 1. The number of halogens is 1. The van der Waals surface area contributed by atoms with Crippen molar-refractivity contribution in [3.05, 3.63) is 98.1 Å². The summed E-state index contributed by atoms with van der Waals surface area (Å²) in [6.07, 6.45) is 1.78. The van der Waals surface area contributed by atoms with Crippen molar-refractivity contribution in [3.63, 3.8) is 0 Å². The quantitative estimate of drug-likeness (QED) is 0.261. The molecule has 0 spiro atoms. The number of benzene rings is 3. The third kappa shape index (κ3) is 5.46. The molecule has 0 aliphatic rings. The largest absolute Gasteiger partial charge is 0.488 e. The van der Waals surface area contributed by atoms with Gasteiger partial charge in [-0.05, 0) is 76.5 Å². The van der Waals surface area contributed by atoms with Crippen molar-refractivity contribution in [2.75, 3.05) is 0 Å². The van der Waals surface area contributed by atoms with Gasteiger partial charge < -0.3 is 9.84 Å². The van der Waals surface area contributed by atoms with Gasteiger partial charge in [-0.15, -0.1) is 0 Å². The van der Waals surface area contributed by atoms with Crippen molar-refractivity contribution in [3.8, 4) is 11.8 Å². The summed E-state index contributed by atoms with van der Waals surface area (Å²) in [5, 5.41) is 18.5. The van der Waals surface area contributed by atoms with Gasteiger partial charge in [0.2, 0.25) is 0 Å². The summed E-state index contributed by atoms with van der Waals surface area (Å²) in [5.74, 6) is -0.205. The number of carboxylic acid groups (broad SMARTS) is 1. The lowest BCUT2D eigenvalue weighted by Crippen LogP contribution is -1.97. The summed E-state index contributed by atoms with van der Waals surface area (Å²) < 4.78 is 6.88. The molecule has 0 atom stereocenters. The van der Waals surface area contributed by atoms with E-state index in [-0.39, 0.29) is 5.56 Å². The molecular weight excluding hydrogens is 477 g/mol. The van der Waals surface area contributed by atoms with Crippen LogP contribution in [0.1, 0.15) is 32.6 Å². The van der Waals surface area contributed by atoms with Crippen LogP contribution < -0.4 is 4.74 Å². The van der Waals surface area contributed by atoms with E-state index in [9.17, 15) is 10.1 Å². The molecule has 0 fully saturated rings. The summed E-state index contributed by atoms with van der Waals surface area (Å²) in [4.78, 5) is 11.0. The highest BCUT2D eigenvalue weighted by atomic mass is 127. The standard InChI is InChI=1S/C24H18INO3/c1-16-3-2-4-18(11-16)15-29-23-10-5-17(13-22(23)25)12-21(14-26)19-6-8-20(9-7-19)24(27)28/h2-13H,15H2,1H3,(H,27,28). The number of allylic oxidation sites excluding steroid dienone is 1. The zero-order valence-electron chi connectivity index (χ0n) is 15.7. The van der Waals surface area contributed by atoms with Crippen LogP contribution in [0.3, 0.4) is 0 Å². The molecule has 0 radical (unpaired) electrons. The molecule has 29 heavy (non-hydrogen) atoms. The summed E-state index contributed by atoms with van der Waals surface area (Å²) in [6.45, 7) is 2.54. The van der Waals surface area contributed by atoms with Gasteiger partial charge in [-0.1, -0.05) is 48.0 Å². The monoisotopic (exact) mass is 495 g/mol. The van der Waals surface area contributed by atoms with Crippen LogP contribution in [0.25, 0.3) is 11.6 Å². The van der Waals surface area contributed by atoms with Crippen molar-refractivity contribution < 1.29 is 14.6 Å². The van der Waals surface area contributed by atoms with Gasteiger partial charge in [-0.25, -0.2) is 4.79 Å². The maximum absolute atomic E-state index is 11.0. The highest BCUT2D eigenvalue weighted by molar-refractivity contribution is 14.1. The minimum atomic E-state index is -0.991. The molecule has 1 N–H and O–H groups in total. The molecule has 3 aromatic carbocycles. The highest BCUT2D eigenvalue weighted by Gasteiger charge is 2.07. The Balaban J connectivity index is 1.77. The van der Waals surface area contributed by atoms with Crippen molar-refractivity contribution in [1.29, 1.82) is 5.26 Å². The Hall–Kier alpha value is -3.11. The van der Waals surface area contributed by atoms with Crippen LogP contribution in [-0.4, -0.2) is 11.1 Å². The lowest BCUT2D eigenvalue weighted by molar-refractivity contribution is 0.0697. The molecule has 0 aromatic heterocycles. The molecule has 3 rings (SSSR count). The van der Waals surface area contributed by atoms with E-state index >= 15 is 0 Å². The van der Waals surface area contributed by atoms with Crippen LogP contribution in [0.5, 0.6) is 5.75 Å². The van der Waals surface area contributed by atoms with E-state index < -0.39 is 5.97 Å². The van der Waals surface area contributed by atoms with E-state index in [0.29, 0.717) is 17.7 Å². The minimum Gasteiger partial charge on any atom is -0.488 e. The number of rotatable bonds is 6. The van der Waals surface area contributed by atoms with Crippen LogP contribution >= 0.6 is 22.6 Å². The zero-order chi connectivity index (χ0) is 20.8. The topological polar surface area (TPSA) is 70.3 Å². The molecule has 5 heteroatoms. The number of carboxylic acids is 1. The van der Waals surface area contributed by atoms with Gasteiger partial charge in [0.05, 0.1) is 20.8 Å². The molecule has 0 unspecified atom stereocenters. The lowest BCUT2D eigenvalue weighted by Gasteiger charge is -2.10. The van der Waals surface area contributed by atoms with Crippen molar-refractivity contribution in [2.24, 2.45) is 0 Å². The third-order valence-corrected chi connectivity index (χ3v) is 5.15. The van der Waals surface area contributed by atoms with Crippen LogP contribution in [0.2, 0.25) is 0 Å². The van der Waals surface area contributed by atoms with E-state index in [4.69, 9.17) is 9.84 Å². The maximum Gasteiger partial charge on any atom is 0.335 e. The molecule has 0 heterocycles. The Morgan fingerprint density at radius 3 is 2.45 bits per heavy atom. The lowest BCUT2D eigenvalue weighted by atomic mass is 10.0. The third-order valence-electron chi connectivity index (χ3n) is 4.31. The number of aromatic carboxylic acids is 1. The normalized spacial score (nSPS) is 11.0. The van der Waals surface area contributed by atoms with E-state index in [1.807, 2.05) is 30.3 Å². The molecule has 0 saturated carbocycles. The molecule has 4 nitrogen and oxygen atoms in total. The molecule has 0 aliphatic heterocycles. The SMILES string of the molecule is Cc1cccc(COc2ccc(C=C(C#N)c3ccc(C(=O)O)cc3)cc2I)c1. The number of nitriles is 1. The first-order valence-corrected chi connectivity index (χ1v) is 9.97. The summed E-state index contributed by atoms with van der Waals surface area (Å²) in [6, 6.07) is 22.4. The van der Waals surface area contributed by atoms with Crippen LogP contribution in [0, 0.1) is 21.8 Å². The number of aryl methyl sites for hydroxylation is 1. The van der Waals surface area contributed by atoms with Gasteiger partial charge in [0.15, 0.2) is 0 Å². The average molecular weight is 495 g/mol. The average Bonchev–Trinajstić information content (AvgIpc) is 2.71. The second-order valence-corrected chi connectivity index (χ2v) is 7.68. The Morgan fingerprint density at radius 2 is 1.83 bits per heavy atom. The number of nitrogens with zero attached hydrogens (tertiary/aromatic N) is 1. The van der Waals surface area contributed by atoms with Crippen LogP contribution in [-0.2, 0) is 6.61 Å². The summed E-state index contributed by atoms with van der Waals surface area (Å²) >= 11 is 2.22. The van der Waals surface area contributed by atoms with E-state index in [1.54, 1.807) is 18.2 Å². The maximum atomic E-state index is 11.0. The second kappa shape index (κ2) is 9.39. The Bertz CT molecular complexity index is 1110. The predicted octanol–water partition coefficient (Wildman–Crippen LogP) is 5.94. The first-order chi connectivity index (χ1) is 14.0. The van der Waals surface area contributed by atoms with E-state index in [0.717, 1.165) is 20.4 Å². The molecule has 0 bridgehead atoms. The smallest absolute Gasteiger partial charge is 0.335 e. The fourth-order valence-corrected chi connectivity index (χ4v) is 3.52. The Labute approximate surface area is 183 Å². The van der Waals surface area contributed by atoms with Crippen molar-refractivity contribution in [1.82, 2.24) is 0 Å². The molecule has 0 saturated heterocycles. The van der Waals surface area contributed by atoms with Gasteiger partial charge in [0, 0.05) is 0 Å². The van der Waals surface area contributed by atoms with Gasteiger partial charge in [0.1, 0.15) is 12.4 Å². The molecule has 0 aliphatic carbocycles. The first kappa shape index (κ1) is 20.6. The minimum absolute atomic E-state index is 0.190. The van der Waals surface area contributed by atoms with E-state index in [2.05, 4.69) is 47.7 Å². The summed E-state index contributed by atoms with van der Waals surface area (Å²) in [7, 11) is 0. The van der Waals surface area contributed by atoms with Gasteiger partial charge in [-0.3, -0.25) is 0 Å². The fraction of sp³-hybridized carbons (Fsp3) is 0.0833. The molecule has 0 amide bonds. The van der Waals surface area contributed by atoms with Crippen molar-refractivity contribution >= 4 is 40.2 Å². The molecule has 144 valence electrons. The van der Waals surface area contributed by atoms with Gasteiger partial charge in [-0.2, -0.15) is 5.26 Å². The van der Waals surface area contributed by atoms with Crippen LogP contribution in [0.15, 0.2) is 66.7 Å². The number of ether oxygens (including phenoxy) is 1. The first-order valence-electron chi connectivity index (χ1n) is 8.89. The number of carbonyl (C=O) groups is 1. The van der Waals surface area contributed by atoms with Gasteiger partial charge >= 0.3 is 5.97 Å². The molecular formula is C24H18INO3. The fourth-order valence-electron chi connectivity index (χ4n) is 2.83. The Kier molecular flexibility index (Phi) is 6.68. The second-order valence-electron chi connectivity index (χ2n) is 6.52. The Morgan fingerprint density at radius 1 is 1.10 bits per heavy atom. The van der Waals surface area contributed by atoms with Gasteiger partial charge in [0.25, 0.3) is 0 Å². The van der Waals surface area contributed by atoms with Crippen molar-refractivity contribution in [2.45, 2.75) is 13.5 Å². The van der Waals surface area contributed by atoms with Crippen LogP contribution in [0.4, 0.5) is 0 Å². The molecule has 3 aromatic rings.